The van der Waals surface area contributed by atoms with Crippen molar-refractivity contribution in [2.24, 2.45) is 12.9 Å². The second-order valence-electron chi connectivity index (χ2n) is 4.58. The van der Waals surface area contributed by atoms with Crippen LogP contribution in [0, 0.1) is 0 Å². The quantitative estimate of drug-likeness (QED) is 0.554. The van der Waals surface area contributed by atoms with Crippen LogP contribution in [0.4, 0.5) is 0 Å². The van der Waals surface area contributed by atoms with E-state index in [4.69, 9.17) is 5.84 Å². The van der Waals surface area contributed by atoms with Gasteiger partial charge >= 0.3 is 0 Å². The lowest BCUT2D eigenvalue weighted by Crippen LogP contribution is -2.29. The van der Waals surface area contributed by atoms with Gasteiger partial charge in [0.25, 0.3) is 0 Å². The first-order chi connectivity index (χ1) is 9.29. The molecule has 0 aliphatic heterocycles. The minimum Gasteiger partial charge on any atom is -0.275 e. The highest BCUT2D eigenvalue weighted by Gasteiger charge is 2.17. The average molecular weight is 252 g/mol. The Morgan fingerprint density at radius 1 is 1.11 bits per heavy atom. The SMILES string of the molecule is Cn1ccc(C(NN)c2cccc3ccccc23)n1. The summed E-state index contributed by atoms with van der Waals surface area (Å²) in [5.41, 5.74) is 4.92. The number of hydrogen-bond acceptors (Lipinski definition) is 3. The maximum absolute atomic E-state index is 5.74. The van der Waals surface area contributed by atoms with E-state index in [1.165, 1.54) is 10.8 Å². The number of fused-ring (bicyclic) bond motifs is 1. The van der Waals surface area contributed by atoms with E-state index in [2.05, 4.69) is 34.8 Å². The third kappa shape index (κ3) is 2.12. The second-order valence-corrected chi connectivity index (χ2v) is 4.58. The minimum absolute atomic E-state index is 0.104. The average Bonchev–Trinajstić information content (AvgIpc) is 2.86. The number of rotatable bonds is 3. The van der Waals surface area contributed by atoms with E-state index in [-0.39, 0.29) is 6.04 Å². The van der Waals surface area contributed by atoms with Crippen LogP contribution in [0.25, 0.3) is 10.8 Å². The van der Waals surface area contributed by atoms with E-state index < -0.39 is 0 Å². The van der Waals surface area contributed by atoms with Gasteiger partial charge in [0.2, 0.25) is 0 Å². The Kier molecular flexibility index (Phi) is 3.03. The number of nitrogens with zero attached hydrogens (tertiary/aromatic N) is 2. The van der Waals surface area contributed by atoms with Crippen molar-refractivity contribution in [2.75, 3.05) is 0 Å². The lowest BCUT2D eigenvalue weighted by atomic mass is 9.97. The van der Waals surface area contributed by atoms with E-state index in [0.29, 0.717) is 0 Å². The summed E-state index contributed by atoms with van der Waals surface area (Å²) in [5, 5.41) is 6.84. The molecule has 0 aliphatic carbocycles. The maximum Gasteiger partial charge on any atom is 0.0905 e. The van der Waals surface area contributed by atoms with Gasteiger partial charge in [0.05, 0.1) is 11.7 Å². The fraction of sp³-hybridized carbons (Fsp3) is 0.133. The first-order valence-corrected chi connectivity index (χ1v) is 6.23. The zero-order valence-electron chi connectivity index (χ0n) is 10.7. The molecule has 3 rings (SSSR count). The molecule has 4 nitrogen and oxygen atoms in total. The Morgan fingerprint density at radius 3 is 2.63 bits per heavy atom. The summed E-state index contributed by atoms with van der Waals surface area (Å²) in [4.78, 5) is 0. The van der Waals surface area contributed by atoms with E-state index >= 15 is 0 Å². The van der Waals surface area contributed by atoms with Crippen LogP contribution in [0.1, 0.15) is 17.3 Å². The van der Waals surface area contributed by atoms with Crippen molar-refractivity contribution >= 4 is 10.8 Å². The number of hydrogen-bond donors (Lipinski definition) is 2. The largest absolute Gasteiger partial charge is 0.275 e. The van der Waals surface area contributed by atoms with Crippen LogP contribution < -0.4 is 11.3 Å². The van der Waals surface area contributed by atoms with E-state index in [1.807, 2.05) is 37.5 Å². The number of hydrazine groups is 1. The number of nitrogens with one attached hydrogen (secondary N) is 1. The molecule has 0 spiro atoms. The molecule has 1 atom stereocenters. The standard InChI is InChI=1S/C15H16N4/c1-19-10-9-14(18-19)15(17-16)13-8-4-6-11-5-2-3-7-12(11)13/h2-10,15,17H,16H2,1H3. The van der Waals surface area contributed by atoms with Crippen LogP contribution in [0.2, 0.25) is 0 Å². The summed E-state index contributed by atoms with van der Waals surface area (Å²) in [5.74, 6) is 5.74. The van der Waals surface area contributed by atoms with Gasteiger partial charge < -0.3 is 0 Å². The van der Waals surface area contributed by atoms with Gasteiger partial charge in [-0.1, -0.05) is 42.5 Å². The van der Waals surface area contributed by atoms with E-state index in [9.17, 15) is 0 Å². The molecule has 0 aliphatic rings. The molecule has 1 unspecified atom stereocenters. The molecule has 19 heavy (non-hydrogen) atoms. The molecule has 0 amide bonds. The van der Waals surface area contributed by atoms with Crippen molar-refractivity contribution in [1.82, 2.24) is 15.2 Å². The molecule has 3 aromatic rings. The van der Waals surface area contributed by atoms with E-state index in [0.717, 1.165) is 11.3 Å². The molecule has 0 radical (unpaired) electrons. The molecule has 0 bridgehead atoms. The third-order valence-corrected chi connectivity index (χ3v) is 3.33. The first kappa shape index (κ1) is 11.9. The predicted octanol–water partition coefficient (Wildman–Crippen LogP) is 2.13. The molecular weight excluding hydrogens is 236 g/mol. The van der Waals surface area contributed by atoms with Gasteiger partial charge in [0.15, 0.2) is 0 Å². The van der Waals surface area contributed by atoms with E-state index in [1.54, 1.807) is 4.68 Å². The van der Waals surface area contributed by atoms with Crippen molar-refractivity contribution in [3.8, 4) is 0 Å². The van der Waals surface area contributed by atoms with Crippen LogP contribution >= 0.6 is 0 Å². The monoisotopic (exact) mass is 252 g/mol. The summed E-state index contributed by atoms with van der Waals surface area (Å²) >= 11 is 0. The van der Waals surface area contributed by atoms with Gasteiger partial charge in [-0.2, -0.15) is 5.10 Å². The lowest BCUT2D eigenvalue weighted by molar-refractivity contribution is 0.607. The van der Waals surface area contributed by atoms with Crippen molar-refractivity contribution in [3.63, 3.8) is 0 Å². The van der Waals surface area contributed by atoms with Crippen LogP contribution in [0.3, 0.4) is 0 Å². The topological polar surface area (TPSA) is 55.9 Å². The molecule has 3 N–H and O–H groups in total. The smallest absolute Gasteiger partial charge is 0.0905 e. The minimum atomic E-state index is -0.104. The van der Waals surface area contributed by atoms with Crippen molar-refractivity contribution < 1.29 is 0 Å². The number of nitrogens with two attached hydrogens (primary N) is 1. The zero-order chi connectivity index (χ0) is 13.2. The molecule has 1 aromatic heterocycles. The van der Waals surface area contributed by atoms with Crippen LogP contribution in [0.15, 0.2) is 54.7 Å². The number of aryl methyl sites for hydroxylation is 1. The van der Waals surface area contributed by atoms with Crippen LogP contribution in [-0.4, -0.2) is 9.78 Å². The van der Waals surface area contributed by atoms with Gasteiger partial charge in [-0.05, 0) is 22.4 Å². The highest BCUT2D eigenvalue weighted by molar-refractivity contribution is 5.86. The third-order valence-electron chi connectivity index (χ3n) is 3.33. The Bertz CT molecular complexity index is 697. The molecular formula is C15H16N4. The van der Waals surface area contributed by atoms with Crippen LogP contribution in [-0.2, 0) is 7.05 Å². The summed E-state index contributed by atoms with van der Waals surface area (Å²) in [6.07, 6.45) is 1.92. The predicted molar refractivity (Wildman–Crippen MR) is 76.3 cm³/mol. The highest BCUT2D eigenvalue weighted by atomic mass is 15.3. The van der Waals surface area contributed by atoms with Gasteiger partial charge in [-0.3, -0.25) is 10.5 Å². The Balaban J connectivity index is 2.16. The fourth-order valence-electron chi connectivity index (χ4n) is 2.42. The normalized spacial score (nSPS) is 12.7. The fourth-order valence-corrected chi connectivity index (χ4v) is 2.42. The van der Waals surface area contributed by atoms with Crippen molar-refractivity contribution in [1.29, 1.82) is 0 Å². The number of benzene rings is 2. The zero-order valence-corrected chi connectivity index (χ0v) is 10.7. The molecule has 4 heteroatoms. The maximum atomic E-state index is 5.74. The Morgan fingerprint density at radius 2 is 1.89 bits per heavy atom. The molecule has 0 fully saturated rings. The van der Waals surface area contributed by atoms with Crippen LogP contribution in [0.5, 0.6) is 0 Å². The molecule has 0 saturated heterocycles. The second kappa shape index (κ2) is 4.84. The summed E-state index contributed by atoms with van der Waals surface area (Å²) < 4.78 is 1.78. The Labute approximate surface area is 111 Å². The van der Waals surface area contributed by atoms with Gasteiger partial charge in [-0.15, -0.1) is 0 Å². The lowest BCUT2D eigenvalue weighted by Gasteiger charge is -2.16. The highest BCUT2D eigenvalue weighted by Crippen LogP contribution is 2.27. The molecule has 0 saturated carbocycles. The molecule has 96 valence electrons. The van der Waals surface area contributed by atoms with Gasteiger partial charge in [-0.25, -0.2) is 5.43 Å². The summed E-state index contributed by atoms with van der Waals surface area (Å²) in [7, 11) is 1.90. The van der Waals surface area contributed by atoms with Gasteiger partial charge in [0.1, 0.15) is 0 Å². The Hall–Kier alpha value is -2.17. The summed E-state index contributed by atoms with van der Waals surface area (Å²) in [6, 6.07) is 16.4. The molecule has 2 aromatic carbocycles. The van der Waals surface area contributed by atoms with Crippen molar-refractivity contribution in [3.05, 3.63) is 66.0 Å². The van der Waals surface area contributed by atoms with Gasteiger partial charge in [0, 0.05) is 13.2 Å². The number of aromatic nitrogens is 2. The molecule has 1 heterocycles. The van der Waals surface area contributed by atoms with Crippen molar-refractivity contribution in [2.45, 2.75) is 6.04 Å². The summed E-state index contributed by atoms with van der Waals surface area (Å²) in [6.45, 7) is 0. The first-order valence-electron chi connectivity index (χ1n) is 6.23.